The van der Waals surface area contributed by atoms with Crippen LogP contribution in [0.5, 0.6) is 0 Å². The molecule has 0 spiro atoms. The lowest BCUT2D eigenvalue weighted by atomic mass is 10.1. The minimum Gasteiger partial charge on any atom is -0.348 e. The van der Waals surface area contributed by atoms with Crippen molar-refractivity contribution in [3.8, 4) is 0 Å². The molecule has 0 fully saturated rings. The summed E-state index contributed by atoms with van der Waals surface area (Å²) < 4.78 is 3.42. The molecule has 122 valence electrons. The average Bonchev–Trinajstić information content (AvgIpc) is 3.09. The van der Waals surface area contributed by atoms with E-state index in [1.807, 2.05) is 35.0 Å². The summed E-state index contributed by atoms with van der Waals surface area (Å²) in [7, 11) is 1.65. The molecule has 0 bridgehead atoms. The normalized spacial score (nSPS) is 10.5. The van der Waals surface area contributed by atoms with Crippen LogP contribution >= 0.6 is 0 Å². The molecule has 24 heavy (non-hydrogen) atoms. The first-order valence-electron chi connectivity index (χ1n) is 7.60. The summed E-state index contributed by atoms with van der Waals surface area (Å²) in [5.41, 5.74) is 2.33. The number of imidazole rings is 1. The average molecular weight is 322 g/mol. The van der Waals surface area contributed by atoms with Gasteiger partial charge < -0.3 is 14.5 Å². The highest BCUT2D eigenvalue weighted by molar-refractivity contribution is 5.93. The van der Waals surface area contributed by atoms with E-state index >= 15 is 0 Å². The van der Waals surface area contributed by atoms with E-state index in [-0.39, 0.29) is 11.5 Å². The Labute approximate surface area is 139 Å². The molecule has 0 aliphatic heterocycles. The van der Waals surface area contributed by atoms with E-state index in [0.29, 0.717) is 12.1 Å². The summed E-state index contributed by atoms with van der Waals surface area (Å²) >= 11 is 0. The minimum atomic E-state index is -0.254. The Morgan fingerprint density at radius 3 is 2.54 bits per heavy atom. The predicted molar refractivity (Wildman–Crippen MR) is 90.6 cm³/mol. The molecule has 0 aliphatic carbocycles. The van der Waals surface area contributed by atoms with Crippen molar-refractivity contribution in [3.05, 3.63) is 88.4 Å². The zero-order valence-electron chi connectivity index (χ0n) is 13.3. The van der Waals surface area contributed by atoms with E-state index in [4.69, 9.17) is 0 Å². The van der Waals surface area contributed by atoms with E-state index in [9.17, 15) is 9.59 Å². The fourth-order valence-corrected chi connectivity index (χ4v) is 2.33. The highest BCUT2D eigenvalue weighted by atomic mass is 16.2. The summed E-state index contributed by atoms with van der Waals surface area (Å²) in [5.74, 6) is -0.254. The first-order valence-corrected chi connectivity index (χ1v) is 7.60. The molecule has 6 heteroatoms. The molecule has 1 aromatic carbocycles. The maximum Gasteiger partial charge on any atom is 0.251 e. The minimum absolute atomic E-state index is 0.202. The Balaban J connectivity index is 1.59. The second-order valence-electron chi connectivity index (χ2n) is 5.60. The van der Waals surface area contributed by atoms with E-state index in [0.717, 1.165) is 17.7 Å². The number of pyridine rings is 1. The third kappa shape index (κ3) is 3.78. The lowest BCUT2D eigenvalue weighted by Crippen LogP contribution is -2.25. The fourth-order valence-electron chi connectivity index (χ4n) is 2.33. The van der Waals surface area contributed by atoms with Gasteiger partial charge in [-0.3, -0.25) is 9.59 Å². The zero-order valence-corrected chi connectivity index (χ0v) is 13.3. The largest absolute Gasteiger partial charge is 0.348 e. The molecule has 0 saturated carbocycles. The summed E-state index contributed by atoms with van der Waals surface area (Å²) in [6.07, 6.45) is 7.03. The van der Waals surface area contributed by atoms with Crippen LogP contribution in [0, 0.1) is 0 Å². The van der Waals surface area contributed by atoms with Crippen molar-refractivity contribution in [2.75, 3.05) is 0 Å². The van der Waals surface area contributed by atoms with E-state index in [2.05, 4.69) is 10.3 Å². The van der Waals surface area contributed by atoms with Crippen molar-refractivity contribution in [2.45, 2.75) is 13.1 Å². The van der Waals surface area contributed by atoms with Crippen LogP contribution in [0.2, 0.25) is 0 Å². The molecule has 1 N–H and O–H groups in total. The number of nitrogens with one attached hydrogen (secondary N) is 1. The summed E-state index contributed by atoms with van der Waals surface area (Å²) in [5, 5.41) is 2.82. The lowest BCUT2D eigenvalue weighted by Gasteiger charge is -2.07. The standard InChI is InChI=1S/C18H18N4O2/c1-21-8-6-16(10-17(21)23)18(24)20-11-14-2-4-15(5-3-14)12-22-9-7-19-13-22/h2-10,13H,11-12H2,1H3,(H,20,24). The molecule has 1 amide bonds. The van der Waals surface area contributed by atoms with Crippen LogP contribution in [0.1, 0.15) is 21.5 Å². The second kappa shape index (κ2) is 6.95. The predicted octanol–water partition coefficient (Wildman–Crippen LogP) is 1.56. The van der Waals surface area contributed by atoms with Gasteiger partial charge in [0.1, 0.15) is 0 Å². The Kier molecular flexibility index (Phi) is 4.56. The van der Waals surface area contributed by atoms with Gasteiger partial charge in [0.05, 0.1) is 6.33 Å². The molecule has 0 saturated heterocycles. The highest BCUT2D eigenvalue weighted by Crippen LogP contribution is 2.07. The van der Waals surface area contributed by atoms with Crippen LogP contribution in [-0.4, -0.2) is 20.0 Å². The number of hydrogen-bond acceptors (Lipinski definition) is 3. The molecule has 3 aromatic rings. The topological polar surface area (TPSA) is 68.9 Å². The summed E-state index contributed by atoms with van der Waals surface area (Å²) in [6, 6.07) is 11.0. The molecule has 2 heterocycles. The van der Waals surface area contributed by atoms with Gasteiger partial charge in [-0.15, -0.1) is 0 Å². The number of benzene rings is 1. The Hall–Kier alpha value is -3.15. The number of nitrogens with zero attached hydrogens (tertiary/aromatic N) is 3. The third-order valence-corrected chi connectivity index (χ3v) is 3.77. The Morgan fingerprint density at radius 1 is 1.12 bits per heavy atom. The monoisotopic (exact) mass is 322 g/mol. The number of carbonyl (C=O) groups excluding carboxylic acids is 1. The molecule has 0 atom stereocenters. The Bertz CT molecular complexity index is 880. The molecular weight excluding hydrogens is 304 g/mol. The van der Waals surface area contributed by atoms with Crippen LogP contribution in [0.3, 0.4) is 0 Å². The van der Waals surface area contributed by atoms with Gasteiger partial charge in [0, 0.05) is 50.4 Å². The zero-order chi connectivity index (χ0) is 16.9. The molecule has 0 aliphatic rings. The first kappa shape index (κ1) is 15.7. The number of carbonyl (C=O) groups is 1. The number of aryl methyl sites for hydroxylation is 1. The van der Waals surface area contributed by atoms with Crippen LogP contribution in [0.15, 0.2) is 66.1 Å². The lowest BCUT2D eigenvalue weighted by molar-refractivity contribution is 0.0950. The van der Waals surface area contributed by atoms with Crippen molar-refractivity contribution in [1.82, 2.24) is 19.4 Å². The van der Waals surface area contributed by atoms with Gasteiger partial charge in [-0.2, -0.15) is 0 Å². The molecule has 0 radical (unpaired) electrons. The SMILES string of the molecule is Cn1ccc(C(=O)NCc2ccc(Cn3ccnc3)cc2)cc1=O. The maximum atomic E-state index is 12.1. The summed E-state index contributed by atoms with van der Waals surface area (Å²) in [6.45, 7) is 1.18. The van der Waals surface area contributed by atoms with Crippen molar-refractivity contribution in [1.29, 1.82) is 0 Å². The van der Waals surface area contributed by atoms with E-state index in [1.54, 1.807) is 31.8 Å². The highest BCUT2D eigenvalue weighted by Gasteiger charge is 2.06. The molecule has 0 unspecified atom stereocenters. The van der Waals surface area contributed by atoms with Gasteiger partial charge >= 0.3 is 0 Å². The van der Waals surface area contributed by atoms with E-state index in [1.165, 1.54) is 10.6 Å². The van der Waals surface area contributed by atoms with Crippen molar-refractivity contribution >= 4 is 5.91 Å². The van der Waals surface area contributed by atoms with Gasteiger partial charge in [-0.05, 0) is 17.2 Å². The second-order valence-corrected chi connectivity index (χ2v) is 5.60. The van der Waals surface area contributed by atoms with Gasteiger partial charge in [0.2, 0.25) is 0 Å². The fraction of sp³-hybridized carbons (Fsp3) is 0.167. The smallest absolute Gasteiger partial charge is 0.251 e. The maximum absolute atomic E-state index is 12.1. The quantitative estimate of drug-likeness (QED) is 0.775. The number of rotatable bonds is 5. The first-order chi connectivity index (χ1) is 11.6. The molecule has 6 nitrogen and oxygen atoms in total. The van der Waals surface area contributed by atoms with Gasteiger partial charge in [0.25, 0.3) is 11.5 Å². The molecule has 2 aromatic heterocycles. The number of aromatic nitrogens is 3. The van der Waals surface area contributed by atoms with Crippen LogP contribution < -0.4 is 10.9 Å². The number of amides is 1. The van der Waals surface area contributed by atoms with Crippen molar-refractivity contribution in [3.63, 3.8) is 0 Å². The Morgan fingerprint density at radius 2 is 1.88 bits per heavy atom. The van der Waals surface area contributed by atoms with Crippen LogP contribution in [0.25, 0.3) is 0 Å². The molecular formula is C18H18N4O2. The van der Waals surface area contributed by atoms with Gasteiger partial charge in [-0.1, -0.05) is 24.3 Å². The van der Waals surface area contributed by atoms with Crippen LogP contribution in [0.4, 0.5) is 0 Å². The third-order valence-electron chi connectivity index (χ3n) is 3.77. The van der Waals surface area contributed by atoms with Crippen LogP contribution in [-0.2, 0) is 20.1 Å². The van der Waals surface area contributed by atoms with E-state index < -0.39 is 0 Å². The van der Waals surface area contributed by atoms with Gasteiger partial charge in [0.15, 0.2) is 0 Å². The van der Waals surface area contributed by atoms with Crippen molar-refractivity contribution < 1.29 is 4.79 Å². The van der Waals surface area contributed by atoms with Crippen molar-refractivity contribution in [2.24, 2.45) is 7.05 Å². The molecule has 3 rings (SSSR count). The summed E-state index contributed by atoms with van der Waals surface area (Å²) in [4.78, 5) is 27.7. The van der Waals surface area contributed by atoms with Gasteiger partial charge in [-0.25, -0.2) is 4.98 Å². The number of hydrogen-bond donors (Lipinski definition) is 1.